The van der Waals surface area contributed by atoms with Crippen LogP contribution in [-0.4, -0.2) is 16.0 Å². The molecule has 5 nitrogen and oxygen atoms in total. The summed E-state index contributed by atoms with van der Waals surface area (Å²) in [6, 6.07) is 9.09. The van der Waals surface area contributed by atoms with Crippen molar-refractivity contribution in [3.8, 4) is 0 Å². The first-order valence-electron chi connectivity index (χ1n) is 7.74. The molecule has 1 aromatic heterocycles. The van der Waals surface area contributed by atoms with Crippen molar-refractivity contribution in [1.29, 1.82) is 0 Å². The van der Waals surface area contributed by atoms with Crippen LogP contribution in [-0.2, 0) is 0 Å². The van der Waals surface area contributed by atoms with E-state index in [1.54, 1.807) is 6.07 Å². The number of hydrogen-bond donors (Lipinski definition) is 2. The lowest BCUT2D eigenvalue weighted by atomic mass is 10.2. The van der Waals surface area contributed by atoms with Crippen LogP contribution in [0.4, 0.5) is 26.2 Å². The fourth-order valence-corrected chi connectivity index (χ4v) is 3.30. The predicted octanol–water partition coefficient (Wildman–Crippen LogP) is 4.26. The maximum absolute atomic E-state index is 13.9. The summed E-state index contributed by atoms with van der Waals surface area (Å²) in [5.74, 6) is 5.45. The molecule has 0 unspecified atom stereocenters. The molecular weight excluding hydrogens is 392 g/mol. The molecule has 25 heavy (non-hydrogen) atoms. The number of nitrogens with one attached hydrogen (secondary N) is 1. The fraction of sp³-hybridized carbons (Fsp3) is 0.176. The lowest BCUT2D eigenvalue weighted by Gasteiger charge is -2.25. The van der Waals surface area contributed by atoms with Crippen LogP contribution in [0.3, 0.4) is 0 Å². The van der Waals surface area contributed by atoms with E-state index in [4.69, 9.17) is 5.84 Å². The molecule has 0 aliphatic heterocycles. The Balaban J connectivity index is 1.97. The lowest BCUT2D eigenvalue weighted by molar-refractivity contribution is 0.626. The van der Waals surface area contributed by atoms with Crippen LogP contribution in [0, 0.1) is 11.6 Å². The highest BCUT2D eigenvalue weighted by molar-refractivity contribution is 9.10. The summed E-state index contributed by atoms with van der Waals surface area (Å²) >= 11 is 3.32. The van der Waals surface area contributed by atoms with Crippen LogP contribution in [0.1, 0.15) is 12.8 Å². The minimum Gasteiger partial charge on any atom is -0.322 e. The van der Waals surface area contributed by atoms with E-state index in [9.17, 15) is 8.78 Å². The summed E-state index contributed by atoms with van der Waals surface area (Å²) < 4.78 is 28.4. The second-order valence-corrected chi connectivity index (χ2v) is 6.82. The predicted molar refractivity (Wildman–Crippen MR) is 96.6 cm³/mol. The molecule has 128 valence electrons. The van der Waals surface area contributed by atoms with E-state index in [-0.39, 0.29) is 23.6 Å². The number of hydrogen-bond acceptors (Lipinski definition) is 5. The Bertz CT molecular complexity index is 941. The molecule has 1 heterocycles. The second-order valence-electron chi connectivity index (χ2n) is 5.91. The van der Waals surface area contributed by atoms with E-state index in [0.717, 1.165) is 12.8 Å². The van der Waals surface area contributed by atoms with Gasteiger partial charge in [0.1, 0.15) is 17.5 Å². The van der Waals surface area contributed by atoms with Gasteiger partial charge in [-0.25, -0.2) is 19.6 Å². The second kappa shape index (κ2) is 6.20. The first kappa shape index (κ1) is 16.2. The van der Waals surface area contributed by atoms with E-state index in [0.29, 0.717) is 26.9 Å². The van der Waals surface area contributed by atoms with Gasteiger partial charge in [0, 0.05) is 21.6 Å². The third-order valence-corrected chi connectivity index (χ3v) is 4.49. The van der Waals surface area contributed by atoms with Gasteiger partial charge in [-0.2, -0.15) is 4.98 Å². The first-order chi connectivity index (χ1) is 12.0. The van der Waals surface area contributed by atoms with Gasteiger partial charge in [-0.05, 0) is 49.2 Å². The Morgan fingerprint density at radius 1 is 1.08 bits per heavy atom. The molecule has 0 saturated heterocycles. The molecule has 0 bridgehead atoms. The molecule has 1 saturated carbocycles. The molecule has 1 fully saturated rings. The van der Waals surface area contributed by atoms with Gasteiger partial charge < -0.3 is 4.90 Å². The van der Waals surface area contributed by atoms with Crippen molar-refractivity contribution in [2.24, 2.45) is 5.84 Å². The summed E-state index contributed by atoms with van der Waals surface area (Å²) in [7, 11) is 0. The van der Waals surface area contributed by atoms with Crippen molar-refractivity contribution in [2.75, 3.05) is 10.3 Å². The highest BCUT2D eigenvalue weighted by Crippen LogP contribution is 2.41. The smallest absolute Gasteiger partial charge is 0.239 e. The maximum atomic E-state index is 13.9. The quantitative estimate of drug-likeness (QED) is 0.501. The van der Waals surface area contributed by atoms with E-state index in [1.807, 2.05) is 11.0 Å². The third kappa shape index (κ3) is 3.14. The highest BCUT2D eigenvalue weighted by atomic mass is 79.9. The van der Waals surface area contributed by atoms with Crippen molar-refractivity contribution in [2.45, 2.75) is 18.9 Å². The van der Waals surface area contributed by atoms with Crippen LogP contribution < -0.4 is 16.2 Å². The van der Waals surface area contributed by atoms with E-state index in [2.05, 4.69) is 31.3 Å². The monoisotopic (exact) mass is 405 g/mol. The van der Waals surface area contributed by atoms with Crippen LogP contribution in [0.2, 0.25) is 0 Å². The number of nitrogens with two attached hydrogens (primary N) is 1. The molecule has 8 heteroatoms. The first-order valence-corrected chi connectivity index (χ1v) is 8.54. The molecule has 0 atom stereocenters. The van der Waals surface area contributed by atoms with Gasteiger partial charge in [0.25, 0.3) is 0 Å². The van der Waals surface area contributed by atoms with Crippen LogP contribution in [0.25, 0.3) is 10.9 Å². The number of halogens is 3. The van der Waals surface area contributed by atoms with Gasteiger partial charge in [-0.1, -0.05) is 15.9 Å². The third-order valence-electron chi connectivity index (χ3n) is 4.03. The number of nitrogen functional groups attached to an aromatic ring is 1. The highest BCUT2D eigenvalue weighted by Gasteiger charge is 2.33. The minimum absolute atomic E-state index is 0.167. The van der Waals surface area contributed by atoms with Crippen molar-refractivity contribution >= 4 is 44.3 Å². The Hall–Kier alpha value is -2.32. The van der Waals surface area contributed by atoms with Crippen molar-refractivity contribution in [3.63, 3.8) is 0 Å². The number of fused-ring (bicyclic) bond motifs is 1. The molecular formula is C17H14BrF2N5. The SMILES string of the molecule is NNc1nc(N(c2cc(F)cc(Br)c2)C2CC2)c2cc(F)ccc2n1. The Kier molecular flexibility index (Phi) is 4.01. The standard InChI is InChI=1S/C17H14BrF2N5/c18-9-5-11(20)7-13(6-9)25(12-2-3-12)16-14-8-10(19)1-4-15(14)22-17(23-16)24-21/h1,4-8,12H,2-3,21H2,(H,22,23,24). The van der Waals surface area contributed by atoms with Gasteiger partial charge in [-0.15, -0.1) is 0 Å². The summed E-state index contributed by atoms with van der Waals surface area (Å²) in [6.45, 7) is 0. The van der Waals surface area contributed by atoms with Gasteiger partial charge >= 0.3 is 0 Å². The molecule has 3 N–H and O–H groups in total. The molecule has 1 aliphatic rings. The fourth-order valence-electron chi connectivity index (χ4n) is 2.85. The molecule has 4 rings (SSSR count). The number of anilines is 3. The zero-order valence-corrected chi connectivity index (χ0v) is 14.6. The largest absolute Gasteiger partial charge is 0.322 e. The van der Waals surface area contributed by atoms with Crippen LogP contribution in [0.15, 0.2) is 40.9 Å². The number of benzene rings is 2. The van der Waals surface area contributed by atoms with Crippen LogP contribution in [0.5, 0.6) is 0 Å². The summed E-state index contributed by atoms with van der Waals surface area (Å²) in [6.07, 6.45) is 1.89. The summed E-state index contributed by atoms with van der Waals surface area (Å²) in [5, 5.41) is 0.547. The minimum atomic E-state index is -0.387. The normalized spacial score (nSPS) is 13.9. The molecule has 2 aromatic carbocycles. The maximum Gasteiger partial charge on any atom is 0.239 e. The molecule has 3 aromatic rings. The number of hydrazine groups is 1. The average molecular weight is 406 g/mol. The summed E-state index contributed by atoms with van der Waals surface area (Å²) in [4.78, 5) is 10.6. The number of aromatic nitrogens is 2. The zero-order valence-electron chi connectivity index (χ0n) is 13.0. The Morgan fingerprint density at radius 2 is 1.88 bits per heavy atom. The number of nitrogens with zero attached hydrogens (tertiary/aromatic N) is 3. The van der Waals surface area contributed by atoms with E-state index < -0.39 is 0 Å². The van der Waals surface area contributed by atoms with Gasteiger partial charge in [0.2, 0.25) is 5.95 Å². The Morgan fingerprint density at radius 3 is 2.56 bits per heavy atom. The van der Waals surface area contributed by atoms with Crippen molar-refractivity contribution in [1.82, 2.24) is 9.97 Å². The van der Waals surface area contributed by atoms with E-state index in [1.165, 1.54) is 24.3 Å². The van der Waals surface area contributed by atoms with Gasteiger partial charge in [0.15, 0.2) is 0 Å². The molecule has 0 spiro atoms. The lowest BCUT2D eigenvalue weighted by Crippen LogP contribution is -2.22. The Labute approximate surface area is 151 Å². The van der Waals surface area contributed by atoms with Gasteiger partial charge in [-0.3, -0.25) is 5.43 Å². The van der Waals surface area contributed by atoms with E-state index >= 15 is 0 Å². The number of rotatable bonds is 4. The summed E-state index contributed by atoms with van der Waals surface area (Å²) in [5.41, 5.74) is 3.63. The van der Waals surface area contributed by atoms with Crippen molar-refractivity contribution in [3.05, 3.63) is 52.5 Å². The van der Waals surface area contributed by atoms with Crippen molar-refractivity contribution < 1.29 is 8.78 Å². The molecule has 0 radical (unpaired) electrons. The van der Waals surface area contributed by atoms with Crippen LogP contribution >= 0.6 is 15.9 Å². The van der Waals surface area contributed by atoms with Gasteiger partial charge in [0.05, 0.1) is 5.52 Å². The topological polar surface area (TPSA) is 67.1 Å². The average Bonchev–Trinajstić information content (AvgIpc) is 3.39. The molecule has 1 aliphatic carbocycles. The zero-order chi connectivity index (χ0) is 17.6. The molecule has 0 amide bonds.